The minimum absolute atomic E-state index is 0.00285. The maximum absolute atomic E-state index is 11.7. The number of hydrogen-bond donors (Lipinski definition) is 1. The lowest BCUT2D eigenvalue weighted by Crippen LogP contribution is -2.46. The Labute approximate surface area is 178 Å². The molecule has 0 radical (unpaired) electrons. The average Bonchev–Trinajstić information content (AvgIpc) is 2.80. The van der Waals surface area contributed by atoms with Crippen LogP contribution in [0.2, 0.25) is 0 Å². The maximum Gasteiger partial charge on any atom is 0.308 e. The lowest BCUT2D eigenvalue weighted by Gasteiger charge is -2.33. The van der Waals surface area contributed by atoms with Gasteiger partial charge >= 0.3 is 5.97 Å². The van der Waals surface area contributed by atoms with Gasteiger partial charge in [0.15, 0.2) is 5.96 Å². The number of rotatable bonds is 7. The van der Waals surface area contributed by atoms with Crippen LogP contribution in [0.25, 0.3) is 0 Å². The molecule has 1 heterocycles. The zero-order chi connectivity index (χ0) is 21.2. The van der Waals surface area contributed by atoms with Crippen molar-refractivity contribution in [1.82, 2.24) is 10.2 Å². The number of guanidine groups is 1. The van der Waals surface area contributed by atoms with Crippen molar-refractivity contribution < 1.29 is 14.3 Å². The second kappa shape index (κ2) is 11.4. The van der Waals surface area contributed by atoms with E-state index in [1.807, 2.05) is 18.2 Å². The van der Waals surface area contributed by atoms with Crippen LogP contribution in [0.1, 0.15) is 29.5 Å². The second-order valence-electron chi connectivity index (χ2n) is 7.48. The minimum atomic E-state index is -0.108. The van der Waals surface area contributed by atoms with Crippen LogP contribution in [0.4, 0.5) is 0 Å². The molecule has 0 unspecified atom stereocenters. The summed E-state index contributed by atoms with van der Waals surface area (Å²) in [5.41, 5.74) is 3.51. The summed E-state index contributed by atoms with van der Waals surface area (Å²) in [7, 11) is 3.25. The van der Waals surface area contributed by atoms with Crippen molar-refractivity contribution in [3.63, 3.8) is 0 Å². The lowest BCUT2D eigenvalue weighted by molar-refractivity contribution is -0.146. The number of nitrogens with zero attached hydrogens (tertiary/aromatic N) is 2. The molecular formula is C24H31N3O3. The number of aliphatic imine (C=N–C) groups is 1. The zero-order valence-electron chi connectivity index (χ0n) is 17.8. The van der Waals surface area contributed by atoms with Crippen molar-refractivity contribution in [2.75, 3.05) is 27.2 Å². The number of hydrogen-bond acceptors (Lipinski definition) is 4. The fraction of sp³-hybridized carbons (Fsp3) is 0.417. The molecule has 0 aromatic heterocycles. The molecule has 1 N–H and O–H groups in total. The van der Waals surface area contributed by atoms with Crippen LogP contribution in [0.5, 0.6) is 0 Å². The van der Waals surface area contributed by atoms with Crippen LogP contribution >= 0.6 is 0 Å². The fourth-order valence-electron chi connectivity index (χ4n) is 3.70. The molecule has 0 saturated carbocycles. The summed E-state index contributed by atoms with van der Waals surface area (Å²) in [5, 5.41) is 3.44. The molecule has 6 heteroatoms. The third kappa shape index (κ3) is 6.32. The highest BCUT2D eigenvalue weighted by molar-refractivity contribution is 5.80. The summed E-state index contributed by atoms with van der Waals surface area (Å²) in [4.78, 5) is 18.3. The van der Waals surface area contributed by atoms with Gasteiger partial charge in [-0.2, -0.15) is 0 Å². The van der Waals surface area contributed by atoms with Crippen molar-refractivity contribution >= 4 is 11.9 Å². The topological polar surface area (TPSA) is 63.2 Å². The smallest absolute Gasteiger partial charge is 0.308 e. The SMILES string of the molecule is CN=C(NCc1cccc(COCc2ccccc2)c1)N1CCC(C(=O)OC)CC1. The van der Waals surface area contributed by atoms with E-state index in [0.717, 1.165) is 37.5 Å². The third-order valence-corrected chi connectivity index (χ3v) is 5.36. The second-order valence-corrected chi connectivity index (χ2v) is 7.48. The number of nitrogens with one attached hydrogen (secondary N) is 1. The first kappa shape index (κ1) is 21.8. The van der Waals surface area contributed by atoms with Crippen LogP contribution < -0.4 is 5.32 Å². The maximum atomic E-state index is 11.7. The summed E-state index contributed by atoms with van der Waals surface area (Å²) in [6.07, 6.45) is 1.59. The number of ether oxygens (including phenoxy) is 2. The van der Waals surface area contributed by atoms with Crippen molar-refractivity contribution in [3.8, 4) is 0 Å². The standard InChI is InChI=1S/C24H31N3O3/c1-25-24(27-13-11-22(12-14-27)23(28)29-2)26-16-20-9-6-10-21(15-20)18-30-17-19-7-4-3-5-8-19/h3-10,15,22H,11-14,16-18H2,1-2H3,(H,25,26). The van der Waals surface area contributed by atoms with E-state index in [2.05, 4.69) is 51.6 Å². The first-order chi connectivity index (χ1) is 14.7. The summed E-state index contributed by atoms with van der Waals surface area (Å²) >= 11 is 0. The van der Waals surface area contributed by atoms with Crippen LogP contribution in [0.3, 0.4) is 0 Å². The quantitative estimate of drug-likeness (QED) is 0.432. The number of methoxy groups -OCH3 is 1. The number of carbonyl (C=O) groups is 1. The minimum Gasteiger partial charge on any atom is -0.469 e. The molecule has 0 bridgehead atoms. The molecule has 1 aliphatic heterocycles. The summed E-state index contributed by atoms with van der Waals surface area (Å²) in [6.45, 7) is 3.48. The van der Waals surface area contributed by atoms with Gasteiger partial charge in [-0.1, -0.05) is 54.6 Å². The molecule has 0 amide bonds. The summed E-state index contributed by atoms with van der Waals surface area (Å²) in [5.74, 6) is 0.755. The predicted molar refractivity (Wildman–Crippen MR) is 118 cm³/mol. The fourth-order valence-corrected chi connectivity index (χ4v) is 3.70. The van der Waals surface area contributed by atoms with Gasteiger partial charge in [-0.05, 0) is 29.5 Å². The monoisotopic (exact) mass is 409 g/mol. The predicted octanol–water partition coefficient (Wildman–Crippen LogP) is 3.36. The molecule has 2 aromatic rings. The van der Waals surface area contributed by atoms with Crippen LogP contribution in [-0.2, 0) is 34.0 Å². The highest BCUT2D eigenvalue weighted by Crippen LogP contribution is 2.18. The third-order valence-electron chi connectivity index (χ3n) is 5.36. The molecule has 160 valence electrons. The Morgan fingerprint density at radius 1 is 1.03 bits per heavy atom. The molecule has 0 aliphatic carbocycles. The first-order valence-electron chi connectivity index (χ1n) is 10.4. The molecule has 1 fully saturated rings. The van der Waals surface area contributed by atoms with Crippen molar-refractivity contribution in [1.29, 1.82) is 0 Å². The lowest BCUT2D eigenvalue weighted by atomic mass is 9.97. The van der Waals surface area contributed by atoms with E-state index >= 15 is 0 Å². The van der Waals surface area contributed by atoms with E-state index in [-0.39, 0.29) is 11.9 Å². The molecule has 6 nitrogen and oxygen atoms in total. The van der Waals surface area contributed by atoms with Crippen LogP contribution in [-0.4, -0.2) is 44.1 Å². The van der Waals surface area contributed by atoms with Crippen molar-refractivity contribution in [3.05, 3.63) is 71.3 Å². The van der Waals surface area contributed by atoms with E-state index in [0.29, 0.717) is 19.8 Å². The van der Waals surface area contributed by atoms with Gasteiger partial charge in [-0.25, -0.2) is 0 Å². The van der Waals surface area contributed by atoms with Gasteiger partial charge in [0.25, 0.3) is 0 Å². The van der Waals surface area contributed by atoms with E-state index in [1.54, 1.807) is 7.05 Å². The number of benzene rings is 2. The number of carbonyl (C=O) groups excluding carboxylic acids is 1. The summed E-state index contributed by atoms with van der Waals surface area (Å²) in [6, 6.07) is 18.6. The Balaban J connectivity index is 1.46. The van der Waals surface area contributed by atoms with E-state index < -0.39 is 0 Å². The Morgan fingerprint density at radius 2 is 1.70 bits per heavy atom. The van der Waals surface area contributed by atoms with Gasteiger partial charge in [0.05, 0.1) is 26.2 Å². The zero-order valence-corrected chi connectivity index (χ0v) is 17.8. The molecule has 0 atom stereocenters. The van der Waals surface area contributed by atoms with Crippen LogP contribution in [0, 0.1) is 5.92 Å². The Kier molecular flexibility index (Phi) is 8.27. The van der Waals surface area contributed by atoms with E-state index in [9.17, 15) is 4.79 Å². The normalized spacial score (nSPS) is 15.1. The van der Waals surface area contributed by atoms with Gasteiger partial charge in [0.2, 0.25) is 0 Å². The van der Waals surface area contributed by atoms with Crippen molar-refractivity contribution in [2.24, 2.45) is 10.9 Å². The largest absolute Gasteiger partial charge is 0.469 e. The molecule has 1 aliphatic rings. The van der Waals surface area contributed by atoms with Crippen molar-refractivity contribution in [2.45, 2.75) is 32.6 Å². The molecule has 2 aromatic carbocycles. The van der Waals surface area contributed by atoms with Gasteiger partial charge in [-0.15, -0.1) is 0 Å². The van der Waals surface area contributed by atoms with Gasteiger partial charge in [0.1, 0.15) is 0 Å². The Morgan fingerprint density at radius 3 is 2.40 bits per heavy atom. The molecule has 3 rings (SSSR count). The summed E-state index contributed by atoms with van der Waals surface area (Å²) < 4.78 is 10.7. The number of likely N-dealkylation sites (tertiary alicyclic amines) is 1. The highest BCUT2D eigenvalue weighted by atomic mass is 16.5. The number of piperidine rings is 1. The highest BCUT2D eigenvalue weighted by Gasteiger charge is 2.26. The van der Waals surface area contributed by atoms with E-state index in [1.165, 1.54) is 18.2 Å². The Hall–Kier alpha value is -2.86. The number of esters is 1. The molecule has 30 heavy (non-hydrogen) atoms. The van der Waals surface area contributed by atoms with Crippen LogP contribution in [0.15, 0.2) is 59.6 Å². The first-order valence-corrected chi connectivity index (χ1v) is 10.4. The van der Waals surface area contributed by atoms with Gasteiger partial charge in [-0.3, -0.25) is 9.79 Å². The van der Waals surface area contributed by atoms with Gasteiger partial charge < -0.3 is 19.7 Å². The average molecular weight is 410 g/mol. The molecular weight excluding hydrogens is 378 g/mol. The molecule has 0 spiro atoms. The molecule has 1 saturated heterocycles. The van der Waals surface area contributed by atoms with E-state index in [4.69, 9.17) is 9.47 Å². The Bertz CT molecular complexity index is 831. The van der Waals surface area contributed by atoms with Gasteiger partial charge in [0, 0.05) is 26.7 Å².